The van der Waals surface area contributed by atoms with Crippen LogP contribution in [0.3, 0.4) is 0 Å². The number of hydrogen-bond acceptors (Lipinski definition) is 5. The number of carbonyl (C=O) groups excluding carboxylic acids is 2. The summed E-state index contributed by atoms with van der Waals surface area (Å²) in [6.45, 7) is 2.46. The number of nitrogens with zero attached hydrogens (tertiary/aromatic N) is 1. The third-order valence-electron chi connectivity index (χ3n) is 10.4. The predicted molar refractivity (Wildman–Crippen MR) is 211 cm³/mol. The van der Waals surface area contributed by atoms with Crippen molar-refractivity contribution in [3.05, 3.63) is 126 Å². The number of aromatic hydroxyl groups is 1. The Hall–Kier alpha value is -5.62. The fourth-order valence-corrected chi connectivity index (χ4v) is 7.24. The second-order valence-electron chi connectivity index (χ2n) is 14.3. The van der Waals surface area contributed by atoms with Crippen LogP contribution in [0.4, 0.5) is 13.2 Å². The van der Waals surface area contributed by atoms with Crippen LogP contribution in [-0.2, 0) is 29.0 Å². The number of aromatic amines is 1. The summed E-state index contributed by atoms with van der Waals surface area (Å²) in [5.41, 5.74) is 12.5. The third kappa shape index (κ3) is 11.9. The van der Waals surface area contributed by atoms with Crippen LogP contribution in [0.5, 0.6) is 5.75 Å². The molecule has 6 rings (SSSR count). The van der Waals surface area contributed by atoms with E-state index in [0.717, 1.165) is 70.4 Å². The molecule has 12 heteroatoms. The average Bonchev–Trinajstić information content (AvgIpc) is 3.62. The summed E-state index contributed by atoms with van der Waals surface area (Å²) in [7, 11) is 0. The summed E-state index contributed by atoms with van der Waals surface area (Å²) in [6.07, 6.45) is 4.40. The fourth-order valence-electron chi connectivity index (χ4n) is 7.24. The van der Waals surface area contributed by atoms with Gasteiger partial charge in [-0.1, -0.05) is 79.6 Å². The van der Waals surface area contributed by atoms with E-state index in [4.69, 9.17) is 15.6 Å². The van der Waals surface area contributed by atoms with Gasteiger partial charge >= 0.3 is 12.1 Å². The van der Waals surface area contributed by atoms with E-state index in [1.165, 1.54) is 12.8 Å². The van der Waals surface area contributed by atoms with Gasteiger partial charge in [-0.25, -0.2) is 4.79 Å². The summed E-state index contributed by atoms with van der Waals surface area (Å²) in [4.78, 5) is 41.5. The molecule has 0 unspecified atom stereocenters. The number of carboxylic acid groups (broad SMARTS) is 1. The van der Waals surface area contributed by atoms with Gasteiger partial charge in [0, 0.05) is 48.7 Å². The van der Waals surface area contributed by atoms with Crippen LogP contribution >= 0.6 is 0 Å². The van der Waals surface area contributed by atoms with E-state index < -0.39 is 12.1 Å². The summed E-state index contributed by atoms with van der Waals surface area (Å²) < 4.78 is 31.7. The number of hydrogen-bond donors (Lipinski definition) is 5. The summed E-state index contributed by atoms with van der Waals surface area (Å²) in [5.74, 6) is -1.25. The SMILES string of the molecule is NCCC1CCC(CNC(=O)c2ccccc2-c2cccc(CN(CCc3ccc(O)cc3)C(=O)CCc3c[nH]c4ccccc34)c2)CC1.O=C(O)C(F)(F)F. The molecule has 1 aromatic heterocycles. The minimum atomic E-state index is -5.08. The molecule has 5 aromatic rings. The summed E-state index contributed by atoms with van der Waals surface area (Å²) >= 11 is 0. The van der Waals surface area contributed by atoms with Crippen molar-refractivity contribution in [2.24, 2.45) is 17.6 Å². The number of phenols is 1. The Morgan fingerprint density at radius 3 is 2.23 bits per heavy atom. The number of aryl methyl sites for hydroxylation is 1. The smallest absolute Gasteiger partial charge is 0.490 e. The minimum Gasteiger partial charge on any atom is -0.508 e. The van der Waals surface area contributed by atoms with E-state index in [9.17, 15) is 27.9 Å². The van der Waals surface area contributed by atoms with Crippen molar-refractivity contribution >= 4 is 28.7 Å². The van der Waals surface area contributed by atoms with E-state index in [-0.39, 0.29) is 17.6 Å². The molecule has 296 valence electrons. The number of fused-ring (bicyclic) bond motifs is 1. The quantitative estimate of drug-likeness (QED) is 0.0768. The Bertz CT molecular complexity index is 2060. The molecule has 4 aromatic carbocycles. The van der Waals surface area contributed by atoms with Crippen molar-refractivity contribution in [1.29, 1.82) is 0 Å². The number of carbonyl (C=O) groups is 3. The highest BCUT2D eigenvalue weighted by molar-refractivity contribution is 6.01. The molecule has 1 aliphatic carbocycles. The van der Waals surface area contributed by atoms with Crippen LogP contribution < -0.4 is 11.1 Å². The van der Waals surface area contributed by atoms with Crippen LogP contribution in [0.25, 0.3) is 22.0 Å². The van der Waals surface area contributed by atoms with Gasteiger partial charge in [-0.05, 0) is 109 Å². The standard InChI is InChI=1S/C42H48N4O3.C2HF3O2/c43-24-22-30-12-14-32(15-13-30)27-45-42(49)39-10-2-1-8-37(39)34-7-5-6-33(26-34)29-46(25-23-31-16-19-36(47)20-17-31)41(48)21-18-35-28-44-40-11-4-3-9-38(35)40;3-2(4,5)1(6)7/h1-11,16-17,19-20,26,28,30,32,44,47H,12-15,18,21-25,27,29,43H2,(H,45,49);(H,6,7). The van der Waals surface area contributed by atoms with Gasteiger partial charge in [0.1, 0.15) is 5.75 Å². The van der Waals surface area contributed by atoms with Gasteiger partial charge in [-0.2, -0.15) is 13.2 Å². The number of aliphatic carboxylic acids is 1. The first kappa shape index (κ1) is 41.5. The number of aromatic nitrogens is 1. The molecule has 56 heavy (non-hydrogen) atoms. The Balaban J connectivity index is 0.000000784. The molecule has 0 atom stereocenters. The largest absolute Gasteiger partial charge is 0.508 e. The predicted octanol–water partition coefficient (Wildman–Crippen LogP) is 8.26. The molecule has 0 radical (unpaired) electrons. The van der Waals surface area contributed by atoms with Crippen LogP contribution in [0.1, 0.15) is 65.6 Å². The molecule has 0 saturated heterocycles. The van der Waals surface area contributed by atoms with Gasteiger partial charge in [-0.15, -0.1) is 0 Å². The Morgan fingerprint density at radius 1 is 0.839 bits per heavy atom. The molecular formula is C44H49F3N4O5. The van der Waals surface area contributed by atoms with E-state index in [1.807, 2.05) is 77.8 Å². The van der Waals surface area contributed by atoms with Gasteiger partial charge in [0.25, 0.3) is 5.91 Å². The lowest BCUT2D eigenvalue weighted by molar-refractivity contribution is -0.192. The first-order valence-electron chi connectivity index (χ1n) is 19.0. The first-order chi connectivity index (χ1) is 26.9. The second-order valence-corrected chi connectivity index (χ2v) is 14.3. The maximum atomic E-state index is 13.8. The van der Waals surface area contributed by atoms with Gasteiger partial charge in [0.05, 0.1) is 0 Å². The van der Waals surface area contributed by atoms with Gasteiger partial charge < -0.3 is 31.1 Å². The lowest BCUT2D eigenvalue weighted by atomic mass is 9.80. The number of carboxylic acids is 1. The maximum absolute atomic E-state index is 13.8. The zero-order valence-corrected chi connectivity index (χ0v) is 31.2. The molecule has 0 bridgehead atoms. The number of halogens is 3. The highest BCUT2D eigenvalue weighted by Crippen LogP contribution is 2.31. The van der Waals surface area contributed by atoms with Crippen molar-refractivity contribution < 1.29 is 37.8 Å². The number of alkyl halides is 3. The lowest BCUT2D eigenvalue weighted by Crippen LogP contribution is -2.32. The zero-order valence-electron chi connectivity index (χ0n) is 31.2. The van der Waals surface area contributed by atoms with Crippen molar-refractivity contribution in [2.75, 3.05) is 19.6 Å². The highest BCUT2D eigenvalue weighted by atomic mass is 19.4. The number of nitrogens with one attached hydrogen (secondary N) is 2. The molecule has 1 heterocycles. The van der Waals surface area contributed by atoms with Crippen molar-refractivity contribution in [2.45, 2.75) is 64.1 Å². The zero-order chi connectivity index (χ0) is 40.1. The summed E-state index contributed by atoms with van der Waals surface area (Å²) in [6, 6.07) is 31.3. The van der Waals surface area contributed by atoms with E-state index in [1.54, 1.807) is 12.1 Å². The number of nitrogens with two attached hydrogens (primary N) is 1. The average molecular weight is 771 g/mol. The van der Waals surface area contributed by atoms with Crippen LogP contribution in [0, 0.1) is 11.8 Å². The van der Waals surface area contributed by atoms with Crippen molar-refractivity contribution in [3.8, 4) is 16.9 Å². The molecule has 6 N–H and O–H groups in total. The van der Waals surface area contributed by atoms with Crippen molar-refractivity contribution in [1.82, 2.24) is 15.2 Å². The van der Waals surface area contributed by atoms with Crippen LogP contribution in [0.15, 0.2) is 103 Å². The molecule has 0 aliphatic heterocycles. The van der Waals surface area contributed by atoms with Crippen molar-refractivity contribution in [3.63, 3.8) is 0 Å². The van der Waals surface area contributed by atoms with Gasteiger partial charge in [-0.3, -0.25) is 9.59 Å². The summed E-state index contributed by atoms with van der Waals surface area (Å²) in [5, 5.41) is 21.2. The topological polar surface area (TPSA) is 149 Å². The van der Waals surface area contributed by atoms with Crippen LogP contribution in [-0.4, -0.2) is 63.7 Å². The first-order valence-corrected chi connectivity index (χ1v) is 19.0. The minimum absolute atomic E-state index is 0.0481. The number of rotatable bonds is 14. The van der Waals surface area contributed by atoms with Crippen LogP contribution in [0.2, 0.25) is 0 Å². The molecular weight excluding hydrogens is 722 g/mol. The Morgan fingerprint density at radius 2 is 1.52 bits per heavy atom. The fraction of sp³-hybridized carbons (Fsp3) is 0.341. The lowest BCUT2D eigenvalue weighted by Gasteiger charge is -2.28. The molecule has 1 aliphatic rings. The Kier molecular flexibility index (Phi) is 14.7. The third-order valence-corrected chi connectivity index (χ3v) is 10.4. The molecule has 2 amide bonds. The number of phenolic OH excluding ortho intramolecular Hbond substituents is 1. The normalized spacial score (nSPS) is 15.4. The maximum Gasteiger partial charge on any atom is 0.490 e. The molecule has 0 spiro atoms. The molecule has 1 fully saturated rings. The number of amides is 2. The number of para-hydroxylation sites is 1. The van der Waals surface area contributed by atoms with Gasteiger partial charge in [0.2, 0.25) is 5.91 Å². The number of benzene rings is 4. The molecule has 1 saturated carbocycles. The second kappa shape index (κ2) is 19.8. The van der Waals surface area contributed by atoms with Gasteiger partial charge in [0.15, 0.2) is 0 Å². The Labute approximate surface area is 324 Å². The number of H-pyrrole nitrogens is 1. The molecule has 9 nitrogen and oxygen atoms in total. The van der Waals surface area contributed by atoms with E-state index >= 15 is 0 Å². The van der Waals surface area contributed by atoms with E-state index in [2.05, 4.69) is 28.5 Å². The van der Waals surface area contributed by atoms with E-state index in [0.29, 0.717) is 50.4 Å². The highest BCUT2D eigenvalue weighted by Gasteiger charge is 2.38. The monoisotopic (exact) mass is 770 g/mol.